The molecule has 0 aliphatic heterocycles. The third kappa shape index (κ3) is 5.87. The van der Waals surface area contributed by atoms with Crippen LogP contribution in [0, 0.1) is 0 Å². The second-order valence-corrected chi connectivity index (χ2v) is 6.63. The van der Waals surface area contributed by atoms with Gasteiger partial charge in [0.1, 0.15) is 29.5 Å². The molecule has 1 aromatic heterocycles. The van der Waals surface area contributed by atoms with Crippen molar-refractivity contribution < 1.29 is 9.47 Å². The van der Waals surface area contributed by atoms with Gasteiger partial charge in [0.25, 0.3) is 0 Å². The number of hydrogen-bond acceptors (Lipinski definition) is 6. The Balaban J connectivity index is 1.53. The molecule has 0 aliphatic carbocycles. The molecule has 0 aliphatic rings. The van der Waals surface area contributed by atoms with Gasteiger partial charge in [-0.1, -0.05) is 12.1 Å². The van der Waals surface area contributed by atoms with E-state index in [9.17, 15) is 0 Å². The molecule has 0 atom stereocenters. The first-order chi connectivity index (χ1) is 13.6. The van der Waals surface area contributed by atoms with Crippen LogP contribution in [0.5, 0.6) is 11.5 Å². The lowest BCUT2D eigenvalue weighted by Crippen LogP contribution is -2.07. The smallest absolute Gasteiger partial charge is 0.135 e. The molecule has 6 nitrogen and oxygen atoms in total. The van der Waals surface area contributed by atoms with E-state index < -0.39 is 0 Å². The van der Waals surface area contributed by atoms with E-state index >= 15 is 0 Å². The van der Waals surface area contributed by atoms with E-state index in [1.807, 2.05) is 56.3 Å². The van der Waals surface area contributed by atoms with E-state index in [0.29, 0.717) is 0 Å². The predicted molar refractivity (Wildman–Crippen MR) is 113 cm³/mol. The number of nitrogens with zero attached hydrogens (tertiary/aromatic N) is 2. The van der Waals surface area contributed by atoms with Crippen molar-refractivity contribution in [1.82, 2.24) is 9.97 Å². The molecule has 0 fully saturated rings. The monoisotopic (exact) mass is 378 g/mol. The van der Waals surface area contributed by atoms with Gasteiger partial charge in [-0.2, -0.15) is 0 Å². The van der Waals surface area contributed by atoms with Crippen molar-refractivity contribution in [2.45, 2.75) is 26.4 Å². The Morgan fingerprint density at radius 3 is 2.25 bits per heavy atom. The molecule has 0 spiro atoms. The van der Waals surface area contributed by atoms with E-state index in [2.05, 4.69) is 32.7 Å². The van der Waals surface area contributed by atoms with E-state index in [4.69, 9.17) is 9.47 Å². The van der Waals surface area contributed by atoms with Crippen molar-refractivity contribution in [1.29, 1.82) is 0 Å². The van der Waals surface area contributed by atoms with Crippen LogP contribution in [0.2, 0.25) is 0 Å². The summed E-state index contributed by atoms with van der Waals surface area (Å²) in [5.74, 6) is 3.24. The lowest BCUT2D eigenvalue weighted by Gasteiger charge is -2.11. The highest BCUT2D eigenvalue weighted by atomic mass is 16.5. The first-order valence-corrected chi connectivity index (χ1v) is 9.35. The van der Waals surface area contributed by atoms with Crippen molar-refractivity contribution in [3.8, 4) is 11.5 Å². The molecule has 3 rings (SSSR count). The lowest BCUT2D eigenvalue weighted by molar-refractivity contribution is 0.242. The lowest BCUT2D eigenvalue weighted by atomic mass is 10.1. The molecule has 0 saturated carbocycles. The number of anilines is 3. The van der Waals surface area contributed by atoms with Gasteiger partial charge < -0.3 is 20.1 Å². The van der Waals surface area contributed by atoms with Gasteiger partial charge in [0, 0.05) is 18.3 Å². The van der Waals surface area contributed by atoms with Crippen molar-refractivity contribution >= 4 is 17.3 Å². The van der Waals surface area contributed by atoms with Gasteiger partial charge in [0.2, 0.25) is 0 Å². The van der Waals surface area contributed by atoms with Crippen molar-refractivity contribution in [2.24, 2.45) is 0 Å². The Hall–Kier alpha value is -3.28. The van der Waals surface area contributed by atoms with Gasteiger partial charge in [-0.05, 0) is 62.2 Å². The summed E-state index contributed by atoms with van der Waals surface area (Å²) in [5, 5.41) is 6.62. The molecule has 1 heterocycles. The fourth-order valence-corrected chi connectivity index (χ4v) is 2.69. The molecule has 3 aromatic rings. The fraction of sp³-hybridized carbons (Fsp3) is 0.273. The third-order valence-electron chi connectivity index (χ3n) is 4.04. The van der Waals surface area contributed by atoms with Crippen LogP contribution >= 0.6 is 0 Å². The third-order valence-corrected chi connectivity index (χ3v) is 4.04. The largest absolute Gasteiger partial charge is 0.497 e. The second kappa shape index (κ2) is 9.60. The Kier molecular flexibility index (Phi) is 6.68. The maximum Gasteiger partial charge on any atom is 0.135 e. The molecular weight excluding hydrogens is 352 g/mol. The zero-order valence-corrected chi connectivity index (χ0v) is 16.5. The van der Waals surface area contributed by atoms with Gasteiger partial charge >= 0.3 is 0 Å². The van der Waals surface area contributed by atoms with Crippen LogP contribution in [0.3, 0.4) is 0 Å². The molecule has 6 heteroatoms. The topological polar surface area (TPSA) is 68.3 Å². The van der Waals surface area contributed by atoms with Gasteiger partial charge in [-0.15, -0.1) is 0 Å². The van der Waals surface area contributed by atoms with Gasteiger partial charge in [0.05, 0.1) is 13.2 Å². The molecule has 0 radical (unpaired) electrons. The summed E-state index contributed by atoms with van der Waals surface area (Å²) in [5.41, 5.74) is 2.18. The van der Waals surface area contributed by atoms with E-state index in [-0.39, 0.29) is 6.10 Å². The van der Waals surface area contributed by atoms with Crippen LogP contribution in [-0.2, 0) is 6.42 Å². The van der Waals surface area contributed by atoms with Gasteiger partial charge in [-0.3, -0.25) is 0 Å². The number of ether oxygens (including phenoxy) is 2. The average Bonchev–Trinajstić information content (AvgIpc) is 2.70. The zero-order valence-electron chi connectivity index (χ0n) is 16.5. The molecule has 2 N–H and O–H groups in total. The highest BCUT2D eigenvalue weighted by Crippen LogP contribution is 2.20. The maximum absolute atomic E-state index is 5.66. The summed E-state index contributed by atoms with van der Waals surface area (Å²) in [7, 11) is 1.67. The van der Waals surface area contributed by atoms with Crippen LogP contribution in [0.25, 0.3) is 0 Å². The van der Waals surface area contributed by atoms with Crippen molar-refractivity contribution in [3.05, 3.63) is 66.5 Å². The fourth-order valence-electron chi connectivity index (χ4n) is 2.69. The number of rotatable bonds is 9. The van der Waals surface area contributed by atoms with Crippen LogP contribution in [-0.4, -0.2) is 29.7 Å². The molecule has 146 valence electrons. The minimum Gasteiger partial charge on any atom is -0.497 e. The van der Waals surface area contributed by atoms with E-state index in [1.165, 1.54) is 5.56 Å². The van der Waals surface area contributed by atoms with Crippen LogP contribution in [0.1, 0.15) is 19.4 Å². The molecular formula is C22H26N4O2. The normalized spacial score (nSPS) is 10.6. The molecule has 28 heavy (non-hydrogen) atoms. The molecule has 0 unspecified atom stereocenters. The predicted octanol–water partition coefficient (Wildman–Crippen LogP) is 4.67. The van der Waals surface area contributed by atoms with Crippen LogP contribution in [0.4, 0.5) is 17.3 Å². The highest BCUT2D eigenvalue weighted by molar-refractivity contribution is 5.59. The Morgan fingerprint density at radius 2 is 1.57 bits per heavy atom. The minimum absolute atomic E-state index is 0.159. The van der Waals surface area contributed by atoms with Crippen molar-refractivity contribution in [3.63, 3.8) is 0 Å². The summed E-state index contributed by atoms with van der Waals surface area (Å²) in [6, 6.07) is 17.8. The molecule has 2 aromatic carbocycles. The molecule has 0 bridgehead atoms. The van der Waals surface area contributed by atoms with Crippen molar-refractivity contribution in [2.75, 3.05) is 24.3 Å². The zero-order chi connectivity index (χ0) is 19.8. The van der Waals surface area contributed by atoms with Gasteiger partial charge in [-0.25, -0.2) is 9.97 Å². The summed E-state index contributed by atoms with van der Waals surface area (Å²) >= 11 is 0. The number of methoxy groups -OCH3 is 1. The Bertz CT molecular complexity index is 864. The SMILES string of the molecule is COc1ccc(CCNc2cc(Nc3ccc(OC(C)C)cc3)ncn2)cc1. The number of benzene rings is 2. The Labute approximate surface area is 166 Å². The summed E-state index contributed by atoms with van der Waals surface area (Å²) in [4.78, 5) is 8.57. The maximum atomic E-state index is 5.66. The first kappa shape index (κ1) is 19.5. The number of hydrogen-bond donors (Lipinski definition) is 2. The first-order valence-electron chi connectivity index (χ1n) is 9.35. The average molecular weight is 378 g/mol. The van der Waals surface area contributed by atoms with E-state index in [1.54, 1.807) is 13.4 Å². The molecule has 0 saturated heterocycles. The molecule has 0 amide bonds. The summed E-state index contributed by atoms with van der Waals surface area (Å²) in [6.07, 6.45) is 2.61. The number of aromatic nitrogens is 2. The van der Waals surface area contributed by atoms with Crippen LogP contribution < -0.4 is 20.1 Å². The van der Waals surface area contributed by atoms with Crippen LogP contribution in [0.15, 0.2) is 60.9 Å². The van der Waals surface area contributed by atoms with E-state index in [0.717, 1.165) is 41.8 Å². The highest BCUT2D eigenvalue weighted by Gasteiger charge is 2.02. The minimum atomic E-state index is 0.159. The van der Waals surface area contributed by atoms with Gasteiger partial charge in [0.15, 0.2) is 0 Å². The summed E-state index contributed by atoms with van der Waals surface area (Å²) in [6.45, 7) is 4.80. The standard InChI is InChI=1S/C22H26N4O2/c1-16(2)28-20-10-6-18(7-11-20)26-22-14-21(24-15-25-22)23-13-12-17-4-8-19(27-3)9-5-17/h4-11,14-16H,12-13H2,1-3H3,(H2,23,24,25,26). The quantitative estimate of drug-likeness (QED) is 0.564. The summed E-state index contributed by atoms with van der Waals surface area (Å²) < 4.78 is 10.8. The number of nitrogens with one attached hydrogen (secondary N) is 2. The Morgan fingerprint density at radius 1 is 0.893 bits per heavy atom. The second-order valence-electron chi connectivity index (χ2n) is 6.63.